The van der Waals surface area contributed by atoms with Gasteiger partial charge in [-0.05, 0) is 13.8 Å². The first-order chi connectivity index (χ1) is 8.18. The van der Waals surface area contributed by atoms with Gasteiger partial charge >= 0.3 is 0 Å². The van der Waals surface area contributed by atoms with Crippen LogP contribution >= 0.6 is 0 Å². The van der Waals surface area contributed by atoms with Crippen molar-refractivity contribution in [1.82, 2.24) is 9.29 Å². The van der Waals surface area contributed by atoms with Gasteiger partial charge in [-0.2, -0.15) is 4.31 Å². The molecule has 0 fully saturated rings. The number of aliphatic hydroxyl groups is 1. The van der Waals surface area contributed by atoms with Crippen molar-refractivity contribution in [2.24, 2.45) is 0 Å². The Balaban J connectivity index is 3.20. The van der Waals surface area contributed by atoms with Crippen molar-refractivity contribution in [3.63, 3.8) is 0 Å². The summed E-state index contributed by atoms with van der Waals surface area (Å²) in [7, 11) is -3.89. The molecule has 18 heavy (non-hydrogen) atoms. The number of rotatable bonds is 5. The third-order valence-electron chi connectivity index (χ3n) is 2.32. The average Bonchev–Trinajstić information content (AvgIpc) is 2.24. The lowest BCUT2D eigenvalue weighted by Crippen LogP contribution is -2.43. The fraction of sp³-hybridized carbons (Fsp3) is 0.545. The molecule has 0 aromatic carbocycles. The summed E-state index contributed by atoms with van der Waals surface area (Å²) in [6.45, 7) is 4.79. The number of sulfonamides is 1. The number of pyridine rings is 1. The molecule has 2 N–H and O–H groups in total. The van der Waals surface area contributed by atoms with E-state index in [1.807, 2.05) is 0 Å². The van der Waals surface area contributed by atoms with E-state index in [9.17, 15) is 18.3 Å². The highest BCUT2D eigenvalue weighted by Crippen LogP contribution is 2.14. The highest BCUT2D eigenvalue weighted by Gasteiger charge is 2.29. The molecule has 1 aromatic rings. The van der Waals surface area contributed by atoms with E-state index in [2.05, 4.69) is 4.98 Å². The van der Waals surface area contributed by atoms with Crippen molar-refractivity contribution in [3.8, 4) is 0 Å². The standard InChI is InChI=1S/C11H18N2O4S/c1-4-13(8-11(2,3)15)18(16,17)10-7-12-6-5-9(10)14/h5-7,15H,4,8H2,1-3H3,(H,12,14). The highest BCUT2D eigenvalue weighted by molar-refractivity contribution is 7.89. The van der Waals surface area contributed by atoms with Gasteiger partial charge in [0.05, 0.1) is 5.60 Å². The number of likely N-dealkylation sites (N-methyl/N-ethyl adjacent to an activating group) is 1. The monoisotopic (exact) mass is 274 g/mol. The zero-order valence-corrected chi connectivity index (χ0v) is 11.5. The molecule has 0 amide bonds. The fourth-order valence-corrected chi connectivity index (χ4v) is 3.18. The van der Waals surface area contributed by atoms with Crippen LogP contribution in [0.25, 0.3) is 0 Å². The minimum absolute atomic E-state index is 0.0693. The van der Waals surface area contributed by atoms with Gasteiger partial charge in [0.25, 0.3) is 0 Å². The minimum Gasteiger partial charge on any atom is -0.389 e. The molecular formula is C11H18N2O4S. The van der Waals surface area contributed by atoms with Gasteiger partial charge in [0.15, 0.2) is 0 Å². The van der Waals surface area contributed by atoms with Gasteiger partial charge in [-0.1, -0.05) is 6.92 Å². The lowest BCUT2D eigenvalue weighted by Gasteiger charge is -2.27. The summed E-state index contributed by atoms with van der Waals surface area (Å²) in [4.78, 5) is 13.8. The number of hydrogen-bond acceptors (Lipinski definition) is 4. The molecule has 0 aliphatic heterocycles. The Morgan fingerprint density at radius 1 is 1.44 bits per heavy atom. The van der Waals surface area contributed by atoms with E-state index >= 15 is 0 Å². The molecule has 0 saturated heterocycles. The molecule has 6 nitrogen and oxygen atoms in total. The van der Waals surface area contributed by atoms with Crippen molar-refractivity contribution in [2.45, 2.75) is 31.3 Å². The molecular weight excluding hydrogens is 256 g/mol. The van der Waals surface area contributed by atoms with Gasteiger partial charge in [0.2, 0.25) is 15.5 Å². The van der Waals surface area contributed by atoms with Gasteiger partial charge in [-0.25, -0.2) is 8.42 Å². The van der Waals surface area contributed by atoms with Gasteiger partial charge < -0.3 is 10.1 Å². The summed E-state index contributed by atoms with van der Waals surface area (Å²) in [6, 6.07) is 1.16. The Morgan fingerprint density at radius 2 is 2.06 bits per heavy atom. The van der Waals surface area contributed by atoms with E-state index in [0.29, 0.717) is 0 Å². The van der Waals surface area contributed by atoms with E-state index < -0.39 is 21.1 Å². The van der Waals surface area contributed by atoms with E-state index in [4.69, 9.17) is 0 Å². The van der Waals surface area contributed by atoms with E-state index in [1.54, 1.807) is 6.92 Å². The van der Waals surface area contributed by atoms with Crippen LogP contribution in [0.3, 0.4) is 0 Å². The zero-order valence-electron chi connectivity index (χ0n) is 10.7. The van der Waals surface area contributed by atoms with E-state index in [0.717, 1.165) is 16.6 Å². The maximum Gasteiger partial charge on any atom is 0.248 e. The molecule has 0 saturated carbocycles. The molecule has 7 heteroatoms. The molecule has 0 atom stereocenters. The van der Waals surface area contributed by atoms with Crippen LogP contribution in [0.2, 0.25) is 0 Å². The van der Waals surface area contributed by atoms with E-state index in [-0.39, 0.29) is 18.0 Å². The minimum atomic E-state index is -3.89. The maximum atomic E-state index is 12.3. The summed E-state index contributed by atoms with van der Waals surface area (Å²) in [6.07, 6.45) is 2.53. The summed E-state index contributed by atoms with van der Waals surface area (Å²) >= 11 is 0. The van der Waals surface area contributed by atoms with Crippen LogP contribution in [0.4, 0.5) is 0 Å². The second-order valence-electron chi connectivity index (χ2n) is 4.62. The molecule has 0 aliphatic carbocycles. The Bertz CT molecular complexity index is 557. The maximum absolute atomic E-state index is 12.3. The number of aromatic amines is 1. The summed E-state index contributed by atoms with van der Waals surface area (Å²) < 4.78 is 25.6. The predicted molar refractivity (Wildman–Crippen MR) is 67.8 cm³/mol. The normalized spacial score (nSPS) is 12.9. The Kier molecular flexibility index (Phi) is 4.31. The van der Waals surface area contributed by atoms with Crippen LogP contribution in [-0.4, -0.2) is 41.5 Å². The SMILES string of the molecule is CCN(CC(C)(C)O)S(=O)(=O)c1c[nH]ccc1=O. The molecule has 1 heterocycles. The number of nitrogens with zero attached hydrogens (tertiary/aromatic N) is 1. The second kappa shape index (κ2) is 5.21. The van der Waals surface area contributed by atoms with Crippen molar-refractivity contribution < 1.29 is 13.5 Å². The molecule has 0 spiro atoms. The molecule has 0 radical (unpaired) electrons. The van der Waals surface area contributed by atoms with Crippen LogP contribution in [0.1, 0.15) is 20.8 Å². The smallest absolute Gasteiger partial charge is 0.248 e. The number of aromatic nitrogens is 1. The average molecular weight is 274 g/mol. The first-order valence-corrected chi connectivity index (χ1v) is 7.02. The summed E-state index contributed by atoms with van der Waals surface area (Å²) in [5.74, 6) is 0. The number of hydrogen-bond donors (Lipinski definition) is 2. The highest BCUT2D eigenvalue weighted by atomic mass is 32.2. The predicted octanol–water partition coefficient (Wildman–Crippen LogP) is 0.156. The zero-order chi connectivity index (χ0) is 14.0. The first-order valence-electron chi connectivity index (χ1n) is 5.58. The lowest BCUT2D eigenvalue weighted by molar-refractivity contribution is 0.0601. The van der Waals surface area contributed by atoms with Crippen molar-refractivity contribution >= 4 is 10.0 Å². The third-order valence-corrected chi connectivity index (χ3v) is 4.26. The van der Waals surface area contributed by atoms with Crippen molar-refractivity contribution in [1.29, 1.82) is 0 Å². The Labute approximate surface area is 106 Å². The van der Waals surface area contributed by atoms with Gasteiger partial charge in [0.1, 0.15) is 4.90 Å². The molecule has 1 aromatic heterocycles. The van der Waals surface area contributed by atoms with Gasteiger partial charge in [-0.15, -0.1) is 0 Å². The molecule has 1 rings (SSSR count). The topological polar surface area (TPSA) is 90.5 Å². The van der Waals surface area contributed by atoms with Crippen LogP contribution in [0.15, 0.2) is 28.2 Å². The summed E-state index contributed by atoms with van der Waals surface area (Å²) in [5.41, 5.74) is -1.73. The van der Waals surface area contributed by atoms with Crippen LogP contribution in [-0.2, 0) is 10.0 Å². The quantitative estimate of drug-likeness (QED) is 0.800. The lowest BCUT2D eigenvalue weighted by atomic mass is 10.1. The second-order valence-corrected chi connectivity index (χ2v) is 6.52. The molecule has 0 bridgehead atoms. The van der Waals surface area contributed by atoms with Gasteiger partial charge in [0, 0.05) is 31.5 Å². The van der Waals surface area contributed by atoms with Crippen LogP contribution in [0, 0.1) is 0 Å². The van der Waals surface area contributed by atoms with Crippen LogP contribution in [0.5, 0.6) is 0 Å². The first kappa shape index (κ1) is 14.9. The Hall–Kier alpha value is -1.18. The van der Waals surface area contributed by atoms with Crippen molar-refractivity contribution in [3.05, 3.63) is 28.7 Å². The van der Waals surface area contributed by atoms with Crippen LogP contribution < -0.4 is 5.43 Å². The fourth-order valence-electron chi connectivity index (χ4n) is 1.54. The number of nitrogens with one attached hydrogen (secondary N) is 1. The summed E-state index contributed by atoms with van der Waals surface area (Å²) in [5, 5.41) is 9.71. The van der Waals surface area contributed by atoms with Crippen molar-refractivity contribution in [2.75, 3.05) is 13.1 Å². The van der Waals surface area contributed by atoms with E-state index in [1.165, 1.54) is 20.0 Å². The molecule has 102 valence electrons. The molecule has 0 aliphatic rings. The largest absolute Gasteiger partial charge is 0.389 e. The molecule has 0 unspecified atom stereocenters. The third kappa shape index (κ3) is 3.41. The van der Waals surface area contributed by atoms with Gasteiger partial charge in [-0.3, -0.25) is 4.79 Å². The Morgan fingerprint density at radius 3 is 2.50 bits per heavy atom. The number of H-pyrrole nitrogens is 1.